The topological polar surface area (TPSA) is 20.2 Å². The minimum absolute atomic E-state index is 0.113. The Hall–Kier alpha value is -0.560. The zero-order valence-electron chi connectivity index (χ0n) is 6.09. The lowest BCUT2D eigenvalue weighted by Crippen LogP contribution is -2.15. The van der Waals surface area contributed by atoms with Crippen molar-refractivity contribution >= 4 is 0 Å². The van der Waals surface area contributed by atoms with Crippen molar-refractivity contribution in [2.24, 2.45) is 5.92 Å². The first kappa shape index (κ1) is 8.44. The summed E-state index contributed by atoms with van der Waals surface area (Å²) in [7, 11) is 0. The van der Waals surface area contributed by atoms with Crippen LogP contribution in [0.1, 0.15) is 13.8 Å². The van der Waals surface area contributed by atoms with Crippen molar-refractivity contribution in [3.63, 3.8) is 0 Å². The highest BCUT2D eigenvalue weighted by Crippen LogP contribution is 2.10. The summed E-state index contributed by atoms with van der Waals surface area (Å²) >= 11 is 0. The predicted octanol–water partition coefficient (Wildman–Crippen LogP) is 1.75. The van der Waals surface area contributed by atoms with E-state index in [0.717, 1.165) is 5.57 Å². The number of aliphatic hydroxyl groups excluding tert-OH is 1. The molecule has 0 saturated heterocycles. The van der Waals surface area contributed by atoms with Gasteiger partial charge in [-0.05, 0) is 6.92 Å². The first-order valence-corrected chi connectivity index (χ1v) is 3.05. The van der Waals surface area contributed by atoms with Gasteiger partial charge >= 0.3 is 0 Å². The summed E-state index contributed by atoms with van der Waals surface area (Å²) in [5, 5.41) is 9.22. The minimum Gasteiger partial charge on any atom is -0.388 e. The Bertz CT molecular complexity index is 116. The van der Waals surface area contributed by atoms with Crippen LogP contribution in [-0.2, 0) is 0 Å². The summed E-state index contributed by atoms with van der Waals surface area (Å²) in [4.78, 5) is 0. The molecule has 0 aliphatic heterocycles. The lowest BCUT2D eigenvalue weighted by atomic mass is 10.0. The van der Waals surface area contributed by atoms with Gasteiger partial charge in [-0.2, -0.15) is 0 Å². The van der Waals surface area contributed by atoms with Gasteiger partial charge in [0.25, 0.3) is 0 Å². The van der Waals surface area contributed by atoms with Crippen molar-refractivity contribution in [3.8, 4) is 0 Å². The summed E-state index contributed by atoms with van der Waals surface area (Å²) in [6, 6.07) is 0. The molecule has 0 saturated carbocycles. The molecule has 0 rings (SSSR count). The number of hydrogen-bond donors (Lipinski definition) is 1. The molecule has 0 spiro atoms. The van der Waals surface area contributed by atoms with Crippen LogP contribution in [0, 0.1) is 5.92 Å². The number of aliphatic hydroxyl groups is 1. The van der Waals surface area contributed by atoms with Gasteiger partial charge in [0.05, 0.1) is 6.10 Å². The van der Waals surface area contributed by atoms with Gasteiger partial charge in [0.2, 0.25) is 0 Å². The minimum atomic E-state index is -0.428. The van der Waals surface area contributed by atoms with E-state index in [0.29, 0.717) is 0 Å². The molecular formula is C8H14O. The molecule has 0 heterocycles. The number of rotatable bonds is 3. The van der Waals surface area contributed by atoms with Crippen LogP contribution >= 0.6 is 0 Å². The molecule has 0 aliphatic rings. The van der Waals surface area contributed by atoms with Crippen LogP contribution in [0.5, 0.6) is 0 Å². The van der Waals surface area contributed by atoms with E-state index in [9.17, 15) is 5.11 Å². The molecular weight excluding hydrogens is 112 g/mol. The second-order valence-corrected chi connectivity index (χ2v) is 2.39. The van der Waals surface area contributed by atoms with Gasteiger partial charge in [-0.15, -0.1) is 6.58 Å². The predicted molar refractivity (Wildman–Crippen MR) is 40.2 cm³/mol. The fourth-order valence-corrected chi connectivity index (χ4v) is 0.578. The molecule has 0 fully saturated rings. The van der Waals surface area contributed by atoms with Crippen molar-refractivity contribution in [2.45, 2.75) is 20.0 Å². The van der Waals surface area contributed by atoms with Gasteiger partial charge in [0, 0.05) is 5.92 Å². The van der Waals surface area contributed by atoms with E-state index in [1.807, 2.05) is 13.8 Å². The second kappa shape index (κ2) is 3.46. The third-order valence-corrected chi connectivity index (χ3v) is 1.37. The molecule has 2 atom stereocenters. The molecule has 0 bridgehead atoms. The zero-order chi connectivity index (χ0) is 7.44. The van der Waals surface area contributed by atoms with Gasteiger partial charge < -0.3 is 5.11 Å². The van der Waals surface area contributed by atoms with E-state index in [1.54, 1.807) is 6.08 Å². The van der Waals surface area contributed by atoms with Gasteiger partial charge in [0.15, 0.2) is 0 Å². The summed E-state index contributed by atoms with van der Waals surface area (Å²) < 4.78 is 0. The highest BCUT2D eigenvalue weighted by atomic mass is 16.3. The van der Waals surface area contributed by atoms with Crippen molar-refractivity contribution in [1.82, 2.24) is 0 Å². The summed E-state index contributed by atoms with van der Waals surface area (Å²) in [5.41, 5.74) is 0.794. The van der Waals surface area contributed by atoms with E-state index in [1.165, 1.54) is 0 Å². The molecule has 0 aromatic rings. The van der Waals surface area contributed by atoms with E-state index < -0.39 is 6.10 Å². The molecule has 1 heteroatoms. The third kappa shape index (κ3) is 2.47. The fourth-order valence-electron chi connectivity index (χ4n) is 0.578. The maximum atomic E-state index is 9.22. The molecule has 9 heavy (non-hydrogen) atoms. The Morgan fingerprint density at radius 1 is 1.67 bits per heavy atom. The van der Waals surface area contributed by atoms with Crippen LogP contribution < -0.4 is 0 Å². The van der Waals surface area contributed by atoms with Crippen LogP contribution in [0.15, 0.2) is 24.8 Å². The van der Waals surface area contributed by atoms with E-state index in [2.05, 4.69) is 13.2 Å². The summed E-state index contributed by atoms with van der Waals surface area (Å²) in [6.07, 6.45) is 1.29. The van der Waals surface area contributed by atoms with Gasteiger partial charge in [0.1, 0.15) is 0 Å². The highest BCUT2D eigenvalue weighted by Gasteiger charge is 2.09. The van der Waals surface area contributed by atoms with Crippen molar-refractivity contribution in [1.29, 1.82) is 0 Å². The van der Waals surface area contributed by atoms with E-state index >= 15 is 0 Å². The first-order chi connectivity index (χ1) is 4.09. The second-order valence-electron chi connectivity index (χ2n) is 2.39. The molecule has 1 N–H and O–H groups in total. The van der Waals surface area contributed by atoms with Crippen LogP contribution in [0.25, 0.3) is 0 Å². The lowest BCUT2D eigenvalue weighted by Gasteiger charge is -2.13. The van der Waals surface area contributed by atoms with E-state index in [4.69, 9.17) is 0 Å². The molecule has 0 amide bonds. The largest absolute Gasteiger partial charge is 0.388 e. The zero-order valence-corrected chi connectivity index (χ0v) is 6.09. The van der Waals surface area contributed by atoms with Crippen LogP contribution in [0.2, 0.25) is 0 Å². The highest BCUT2D eigenvalue weighted by molar-refractivity contribution is 5.02. The van der Waals surface area contributed by atoms with Gasteiger partial charge in [-0.3, -0.25) is 0 Å². The quantitative estimate of drug-likeness (QED) is 0.571. The summed E-state index contributed by atoms with van der Waals surface area (Å²) in [6.45, 7) is 10.9. The van der Waals surface area contributed by atoms with Gasteiger partial charge in [-0.25, -0.2) is 0 Å². The SMILES string of the molecule is C=CC(C)[C@H](O)C(=C)C. The molecule has 0 aromatic heterocycles. The van der Waals surface area contributed by atoms with Crippen LogP contribution in [0.3, 0.4) is 0 Å². The lowest BCUT2D eigenvalue weighted by molar-refractivity contribution is 0.174. The van der Waals surface area contributed by atoms with Crippen molar-refractivity contribution < 1.29 is 5.11 Å². The maximum absolute atomic E-state index is 9.22. The fraction of sp³-hybridized carbons (Fsp3) is 0.500. The molecule has 0 radical (unpaired) electrons. The Labute approximate surface area is 56.7 Å². The average molecular weight is 126 g/mol. The third-order valence-electron chi connectivity index (χ3n) is 1.37. The smallest absolute Gasteiger partial charge is 0.0804 e. The first-order valence-electron chi connectivity index (χ1n) is 3.05. The van der Waals surface area contributed by atoms with Crippen molar-refractivity contribution in [3.05, 3.63) is 24.8 Å². The summed E-state index contributed by atoms with van der Waals surface area (Å²) in [5.74, 6) is 0.113. The van der Waals surface area contributed by atoms with Crippen LogP contribution in [0.4, 0.5) is 0 Å². The molecule has 0 aromatic carbocycles. The Kier molecular flexibility index (Phi) is 3.25. The van der Waals surface area contributed by atoms with Crippen LogP contribution in [-0.4, -0.2) is 11.2 Å². The normalized spacial score (nSPS) is 16.3. The monoisotopic (exact) mass is 126 g/mol. The number of hydrogen-bond acceptors (Lipinski definition) is 1. The Balaban J connectivity index is 3.86. The molecule has 52 valence electrons. The average Bonchev–Trinajstić information content (AvgIpc) is 1.84. The standard InChI is InChI=1S/C8H14O/c1-5-7(4)8(9)6(2)3/h5,7-9H,1-2H2,3-4H3/t7?,8-/m1/s1. The molecule has 0 aliphatic carbocycles. The Morgan fingerprint density at radius 2 is 2.11 bits per heavy atom. The van der Waals surface area contributed by atoms with E-state index in [-0.39, 0.29) is 5.92 Å². The van der Waals surface area contributed by atoms with Gasteiger partial charge in [-0.1, -0.05) is 25.2 Å². The maximum Gasteiger partial charge on any atom is 0.0804 e. The molecule has 1 unspecified atom stereocenters. The van der Waals surface area contributed by atoms with Crippen molar-refractivity contribution in [2.75, 3.05) is 0 Å². The Morgan fingerprint density at radius 3 is 2.22 bits per heavy atom. The molecule has 1 nitrogen and oxygen atoms in total.